The first-order valence-electron chi connectivity index (χ1n) is 14.3. The number of thiazole rings is 1. The summed E-state index contributed by atoms with van der Waals surface area (Å²) in [6.45, 7) is 6.25. The van der Waals surface area contributed by atoms with Crippen LogP contribution >= 0.6 is 27.3 Å². The molecule has 4 aromatic rings. The first-order chi connectivity index (χ1) is 21.8. The lowest BCUT2D eigenvalue weighted by Crippen LogP contribution is -2.40. The molecule has 0 radical (unpaired) electrons. The van der Waals surface area contributed by atoms with Crippen LogP contribution in [0.1, 0.15) is 43.5 Å². The van der Waals surface area contributed by atoms with E-state index < -0.39 is 12.0 Å². The van der Waals surface area contributed by atoms with Crippen LogP contribution in [0.4, 0.5) is 0 Å². The van der Waals surface area contributed by atoms with Crippen LogP contribution in [0.15, 0.2) is 86.2 Å². The average molecular weight is 694 g/mol. The smallest absolute Gasteiger partial charge is 0.338 e. The highest BCUT2D eigenvalue weighted by Gasteiger charge is 2.36. The van der Waals surface area contributed by atoms with E-state index in [1.54, 1.807) is 46.3 Å². The summed E-state index contributed by atoms with van der Waals surface area (Å²) in [7, 11) is 3.12. The number of fused-ring (bicyclic) bond motifs is 1. The topological polar surface area (TPSA) is 97.6 Å². The quantitative estimate of drug-likeness (QED) is 0.190. The molecular weight excluding hydrogens is 660 g/mol. The third-order valence-electron chi connectivity index (χ3n) is 7.12. The van der Waals surface area contributed by atoms with E-state index in [-0.39, 0.29) is 17.7 Å². The summed E-state index contributed by atoms with van der Waals surface area (Å²) in [5.74, 6) is 1.50. The van der Waals surface area contributed by atoms with Crippen LogP contribution < -0.4 is 33.8 Å². The van der Waals surface area contributed by atoms with Gasteiger partial charge in [0.2, 0.25) is 0 Å². The van der Waals surface area contributed by atoms with Crippen LogP contribution in [0, 0.1) is 0 Å². The molecule has 0 unspecified atom stereocenters. The van der Waals surface area contributed by atoms with Crippen LogP contribution in [0.2, 0.25) is 0 Å². The zero-order chi connectivity index (χ0) is 32.1. The van der Waals surface area contributed by atoms with Gasteiger partial charge in [-0.1, -0.05) is 57.6 Å². The summed E-state index contributed by atoms with van der Waals surface area (Å²) < 4.78 is 31.6. The summed E-state index contributed by atoms with van der Waals surface area (Å²) in [5.41, 5.74) is 2.76. The number of nitrogens with zero attached hydrogens (tertiary/aromatic N) is 2. The van der Waals surface area contributed by atoms with E-state index in [2.05, 4.69) is 20.9 Å². The Hall–Kier alpha value is -4.35. The Morgan fingerprint density at radius 1 is 0.978 bits per heavy atom. The van der Waals surface area contributed by atoms with Gasteiger partial charge in [0, 0.05) is 10.0 Å². The molecule has 234 valence electrons. The van der Waals surface area contributed by atoms with Gasteiger partial charge in [-0.05, 0) is 68.3 Å². The van der Waals surface area contributed by atoms with Crippen molar-refractivity contribution in [3.8, 4) is 23.0 Å². The highest BCUT2D eigenvalue weighted by atomic mass is 79.9. The maximum Gasteiger partial charge on any atom is 0.338 e. The molecule has 1 aliphatic heterocycles. The summed E-state index contributed by atoms with van der Waals surface area (Å²) >= 11 is 4.68. The molecule has 11 heteroatoms. The van der Waals surface area contributed by atoms with Crippen molar-refractivity contribution in [3.05, 3.63) is 113 Å². The van der Waals surface area contributed by atoms with Crippen molar-refractivity contribution in [2.24, 2.45) is 4.99 Å². The molecule has 0 bridgehead atoms. The lowest BCUT2D eigenvalue weighted by atomic mass is 9.94. The van der Waals surface area contributed by atoms with Crippen molar-refractivity contribution in [3.63, 3.8) is 0 Å². The fraction of sp³-hybridized carbons (Fsp3) is 0.265. The van der Waals surface area contributed by atoms with Crippen LogP contribution in [0.5, 0.6) is 23.0 Å². The van der Waals surface area contributed by atoms with Crippen LogP contribution in [-0.4, -0.2) is 38.0 Å². The van der Waals surface area contributed by atoms with Gasteiger partial charge in [0.15, 0.2) is 27.8 Å². The number of halogens is 1. The molecule has 3 aromatic carbocycles. The van der Waals surface area contributed by atoms with E-state index >= 15 is 0 Å². The number of para-hydroxylation sites is 1. The van der Waals surface area contributed by atoms with Gasteiger partial charge < -0.3 is 23.7 Å². The van der Waals surface area contributed by atoms with Crippen molar-refractivity contribution < 1.29 is 28.5 Å². The Balaban J connectivity index is 1.59. The average Bonchev–Trinajstić information content (AvgIpc) is 3.34. The number of carbonyl (C=O) groups excluding carboxylic acids is 1. The highest BCUT2D eigenvalue weighted by Crippen LogP contribution is 2.41. The number of methoxy groups -OCH3 is 2. The molecule has 1 aromatic heterocycles. The van der Waals surface area contributed by atoms with Crippen molar-refractivity contribution >= 4 is 39.3 Å². The van der Waals surface area contributed by atoms with Gasteiger partial charge in [-0.2, -0.15) is 0 Å². The van der Waals surface area contributed by atoms with E-state index in [9.17, 15) is 9.59 Å². The SMILES string of the molecule is CCOC(=O)C1=C(C)N=c2s/c(=C/c3ccc(OCc4ccc(Br)cc4)c(OC)c3)c(=O)n2[C@H]1c1cccc(OC)c1OCC. The standard InChI is InChI=1S/C34H33BrN2O7S/c1-6-42-31-24(9-8-10-26(31)40-4)30-29(33(39)43-7-2)20(3)36-34-37(30)32(38)28(45-34)18-22-13-16-25(27(17-22)41-5)44-19-21-11-14-23(35)15-12-21/h8-18,30H,6-7,19H2,1-5H3/b28-18+/t30-/m0/s1. The van der Waals surface area contributed by atoms with Crippen molar-refractivity contribution in [2.75, 3.05) is 27.4 Å². The Bertz CT molecular complexity index is 1930. The van der Waals surface area contributed by atoms with Gasteiger partial charge in [-0.15, -0.1) is 0 Å². The van der Waals surface area contributed by atoms with E-state index in [0.29, 0.717) is 56.8 Å². The summed E-state index contributed by atoms with van der Waals surface area (Å²) in [6, 6.07) is 17.9. The molecule has 2 heterocycles. The fourth-order valence-corrected chi connectivity index (χ4v) is 6.39. The summed E-state index contributed by atoms with van der Waals surface area (Å²) in [4.78, 5) is 32.6. The first kappa shape index (κ1) is 32.1. The van der Waals surface area contributed by atoms with Crippen LogP contribution in [0.25, 0.3) is 6.08 Å². The minimum Gasteiger partial charge on any atom is -0.493 e. The number of benzene rings is 3. The highest BCUT2D eigenvalue weighted by molar-refractivity contribution is 9.10. The third-order valence-corrected chi connectivity index (χ3v) is 8.63. The van der Waals surface area contributed by atoms with Gasteiger partial charge in [-0.3, -0.25) is 9.36 Å². The second kappa shape index (κ2) is 14.2. The molecule has 1 atom stereocenters. The Morgan fingerprint density at radius 3 is 2.42 bits per heavy atom. The van der Waals surface area contributed by atoms with E-state index in [0.717, 1.165) is 15.6 Å². The normalized spacial score (nSPS) is 14.4. The van der Waals surface area contributed by atoms with Crippen molar-refractivity contribution in [1.29, 1.82) is 0 Å². The van der Waals surface area contributed by atoms with Crippen molar-refractivity contribution in [1.82, 2.24) is 4.57 Å². The van der Waals surface area contributed by atoms with Crippen molar-refractivity contribution in [2.45, 2.75) is 33.4 Å². The molecule has 0 fully saturated rings. The molecule has 0 amide bonds. The lowest BCUT2D eigenvalue weighted by Gasteiger charge is -2.26. The Labute approximate surface area is 273 Å². The van der Waals surface area contributed by atoms with Gasteiger partial charge in [0.05, 0.1) is 43.2 Å². The monoisotopic (exact) mass is 692 g/mol. The summed E-state index contributed by atoms with van der Waals surface area (Å²) in [6.07, 6.45) is 1.78. The minimum absolute atomic E-state index is 0.174. The second-order valence-corrected chi connectivity index (χ2v) is 11.9. The van der Waals surface area contributed by atoms with Gasteiger partial charge in [0.1, 0.15) is 12.6 Å². The lowest BCUT2D eigenvalue weighted by molar-refractivity contribution is -0.139. The molecule has 0 saturated heterocycles. The van der Waals surface area contributed by atoms with Crippen LogP contribution in [-0.2, 0) is 16.1 Å². The number of carbonyl (C=O) groups is 1. The first-order valence-corrected chi connectivity index (χ1v) is 15.9. The predicted molar refractivity (Wildman–Crippen MR) is 176 cm³/mol. The molecule has 9 nitrogen and oxygen atoms in total. The summed E-state index contributed by atoms with van der Waals surface area (Å²) in [5, 5.41) is 0. The van der Waals surface area contributed by atoms with Gasteiger partial charge in [0.25, 0.3) is 5.56 Å². The number of aromatic nitrogens is 1. The van der Waals surface area contributed by atoms with Gasteiger partial charge in [-0.25, -0.2) is 9.79 Å². The Morgan fingerprint density at radius 2 is 1.73 bits per heavy atom. The van der Waals surface area contributed by atoms with E-state index in [1.807, 2.05) is 55.5 Å². The zero-order valence-electron chi connectivity index (χ0n) is 25.6. The predicted octanol–water partition coefficient (Wildman–Crippen LogP) is 5.56. The molecule has 0 spiro atoms. The molecule has 5 rings (SSSR count). The van der Waals surface area contributed by atoms with Gasteiger partial charge >= 0.3 is 5.97 Å². The third kappa shape index (κ3) is 6.69. The second-order valence-electron chi connectivity index (χ2n) is 9.94. The maximum atomic E-state index is 14.1. The number of hydrogen-bond acceptors (Lipinski definition) is 9. The molecule has 1 aliphatic rings. The molecule has 45 heavy (non-hydrogen) atoms. The van der Waals surface area contributed by atoms with E-state index in [1.165, 1.54) is 15.9 Å². The molecule has 0 N–H and O–H groups in total. The van der Waals surface area contributed by atoms with Crippen LogP contribution in [0.3, 0.4) is 0 Å². The molecule has 0 saturated carbocycles. The number of ether oxygens (including phenoxy) is 5. The number of rotatable bonds is 11. The number of esters is 1. The number of allylic oxidation sites excluding steroid dienone is 1. The zero-order valence-corrected chi connectivity index (χ0v) is 28.0. The minimum atomic E-state index is -0.844. The Kier molecular flexibility index (Phi) is 10.1. The molecule has 0 aliphatic carbocycles. The maximum absolute atomic E-state index is 14.1. The fourth-order valence-electron chi connectivity index (χ4n) is 5.08. The molecular formula is C34H33BrN2O7S. The number of hydrogen-bond donors (Lipinski definition) is 0. The largest absolute Gasteiger partial charge is 0.493 e. The van der Waals surface area contributed by atoms with E-state index in [4.69, 9.17) is 23.7 Å².